The van der Waals surface area contributed by atoms with Crippen molar-refractivity contribution in [2.24, 2.45) is 0 Å². The van der Waals surface area contributed by atoms with Crippen LogP contribution in [0.1, 0.15) is 22.3 Å². The Morgan fingerprint density at radius 3 is 2.14 bits per heavy atom. The lowest BCUT2D eigenvalue weighted by Crippen LogP contribution is -2.54. The second-order valence-corrected chi connectivity index (χ2v) is 10.5. The van der Waals surface area contributed by atoms with Gasteiger partial charge in [0, 0.05) is 22.2 Å². The number of non-ortho nitro benzene ring substituents is 1. The smallest absolute Gasteiger partial charge is 0.335 e. The number of anilines is 1. The summed E-state index contributed by atoms with van der Waals surface area (Å²) in [4.78, 5) is 50.3. The van der Waals surface area contributed by atoms with Gasteiger partial charge >= 0.3 is 6.03 Å². The highest BCUT2D eigenvalue weighted by atomic mass is 79.9. The minimum absolute atomic E-state index is 0.0387. The molecule has 11 heteroatoms. The fraction of sp³-hybridized carbons (Fsp3) is 0.0938. The molecular formula is C32H24BrN3O7. The summed E-state index contributed by atoms with van der Waals surface area (Å²) in [5, 5.41) is 13.1. The van der Waals surface area contributed by atoms with E-state index in [1.54, 1.807) is 54.6 Å². The first-order chi connectivity index (χ1) is 20.7. The van der Waals surface area contributed by atoms with Crippen LogP contribution in [-0.4, -0.2) is 22.8 Å². The van der Waals surface area contributed by atoms with E-state index in [1.165, 1.54) is 18.2 Å². The zero-order valence-corrected chi connectivity index (χ0v) is 24.4. The Morgan fingerprint density at radius 2 is 1.49 bits per heavy atom. The number of urea groups is 1. The van der Waals surface area contributed by atoms with Crippen LogP contribution in [0.5, 0.6) is 11.5 Å². The Kier molecular flexibility index (Phi) is 8.63. The maximum atomic E-state index is 13.5. The molecule has 0 atom stereocenters. The minimum atomic E-state index is -0.871. The van der Waals surface area contributed by atoms with E-state index in [-0.39, 0.29) is 23.6 Å². The van der Waals surface area contributed by atoms with Crippen LogP contribution in [0, 0.1) is 17.0 Å². The van der Waals surface area contributed by atoms with Crippen molar-refractivity contribution in [2.45, 2.75) is 20.1 Å². The predicted octanol–water partition coefficient (Wildman–Crippen LogP) is 6.49. The molecule has 43 heavy (non-hydrogen) atoms. The van der Waals surface area contributed by atoms with Gasteiger partial charge in [-0.15, -0.1) is 0 Å². The number of benzene rings is 4. The van der Waals surface area contributed by atoms with E-state index in [4.69, 9.17) is 9.47 Å². The Bertz CT molecular complexity index is 1730. The summed E-state index contributed by atoms with van der Waals surface area (Å²) >= 11 is 3.39. The van der Waals surface area contributed by atoms with Crippen molar-refractivity contribution >= 4 is 51.2 Å². The molecule has 0 aliphatic carbocycles. The first-order valence-electron chi connectivity index (χ1n) is 13.0. The number of halogens is 1. The van der Waals surface area contributed by atoms with E-state index < -0.39 is 22.8 Å². The molecule has 1 N–H and O–H groups in total. The summed E-state index contributed by atoms with van der Waals surface area (Å²) in [5.74, 6) is -0.743. The van der Waals surface area contributed by atoms with Crippen molar-refractivity contribution in [3.8, 4) is 11.5 Å². The summed E-state index contributed by atoms with van der Waals surface area (Å²) in [5.41, 5.74) is 3.19. The van der Waals surface area contributed by atoms with Crippen LogP contribution in [-0.2, 0) is 22.8 Å². The molecule has 216 valence electrons. The normalized spacial score (nSPS) is 14.0. The number of barbiturate groups is 1. The second-order valence-electron chi connectivity index (χ2n) is 9.62. The highest BCUT2D eigenvalue weighted by Crippen LogP contribution is 2.29. The van der Waals surface area contributed by atoms with E-state index in [2.05, 4.69) is 21.2 Å². The third-order valence-corrected chi connectivity index (χ3v) is 7.03. The van der Waals surface area contributed by atoms with Gasteiger partial charge in [-0.1, -0.05) is 45.8 Å². The van der Waals surface area contributed by atoms with E-state index in [1.807, 2.05) is 31.2 Å². The number of nitro groups is 1. The number of carbonyl (C=O) groups is 3. The van der Waals surface area contributed by atoms with Crippen molar-refractivity contribution in [3.05, 3.63) is 133 Å². The first kappa shape index (κ1) is 29.2. The molecule has 1 saturated heterocycles. The third kappa shape index (κ3) is 6.96. The van der Waals surface area contributed by atoms with Crippen molar-refractivity contribution in [1.82, 2.24) is 5.32 Å². The predicted molar refractivity (Wildman–Crippen MR) is 163 cm³/mol. The van der Waals surface area contributed by atoms with Gasteiger partial charge in [0.15, 0.2) is 0 Å². The summed E-state index contributed by atoms with van der Waals surface area (Å²) in [6.07, 6.45) is 1.35. The van der Waals surface area contributed by atoms with Crippen LogP contribution in [0.15, 0.2) is 101 Å². The number of hydrogen-bond donors (Lipinski definition) is 1. The monoisotopic (exact) mass is 641 g/mol. The molecule has 1 heterocycles. The number of amides is 4. The Hall–Kier alpha value is -5.29. The summed E-state index contributed by atoms with van der Waals surface area (Å²) in [6.45, 7) is 2.44. The number of hydrogen-bond acceptors (Lipinski definition) is 7. The van der Waals surface area contributed by atoms with Crippen LogP contribution in [0.25, 0.3) is 6.08 Å². The van der Waals surface area contributed by atoms with Gasteiger partial charge in [-0.05, 0) is 78.7 Å². The van der Waals surface area contributed by atoms with Crippen molar-refractivity contribution < 1.29 is 28.8 Å². The highest BCUT2D eigenvalue weighted by molar-refractivity contribution is 9.10. The molecule has 1 aliphatic heterocycles. The number of nitrogens with one attached hydrogen (secondary N) is 1. The molecule has 0 spiro atoms. The number of imide groups is 2. The molecule has 1 aliphatic rings. The molecule has 0 saturated carbocycles. The van der Waals surface area contributed by atoms with Crippen LogP contribution < -0.4 is 19.7 Å². The van der Waals surface area contributed by atoms with Gasteiger partial charge in [0.1, 0.15) is 30.3 Å². The van der Waals surface area contributed by atoms with E-state index >= 15 is 0 Å². The Morgan fingerprint density at radius 1 is 0.860 bits per heavy atom. The SMILES string of the molecule is Cc1ccc(COc2ccc(N3C(=O)NC(=O)/C(=C\c4cc(Br)ccc4OCc4ccc([N+](=O)[O-])cc4)C3=O)cc2)cc1. The molecule has 10 nitrogen and oxygen atoms in total. The number of ether oxygens (including phenoxy) is 2. The number of rotatable bonds is 9. The van der Waals surface area contributed by atoms with Gasteiger partial charge in [-0.3, -0.25) is 25.0 Å². The molecule has 0 bridgehead atoms. The quantitative estimate of drug-likeness (QED) is 0.0957. The first-order valence-corrected chi connectivity index (χ1v) is 13.8. The van der Waals surface area contributed by atoms with Gasteiger partial charge in [0.25, 0.3) is 17.5 Å². The number of nitrogens with zero attached hydrogens (tertiary/aromatic N) is 2. The van der Waals surface area contributed by atoms with Crippen molar-refractivity contribution in [2.75, 3.05) is 4.90 Å². The van der Waals surface area contributed by atoms with Gasteiger partial charge in [0.05, 0.1) is 10.6 Å². The molecule has 0 radical (unpaired) electrons. The number of carbonyl (C=O) groups excluding carboxylic acids is 3. The van der Waals surface area contributed by atoms with E-state index in [0.717, 1.165) is 16.0 Å². The standard InChI is InChI=1S/C32H24BrN3O7/c1-20-2-4-21(5-3-20)18-42-27-13-11-25(12-14-27)35-31(38)28(30(37)34-32(35)39)17-23-16-24(33)8-15-29(23)43-19-22-6-9-26(10-7-22)36(40)41/h2-17H,18-19H2,1H3,(H,34,37,39)/b28-17+. The van der Waals surface area contributed by atoms with Gasteiger partial charge in [0.2, 0.25) is 0 Å². The fourth-order valence-corrected chi connectivity index (χ4v) is 4.61. The lowest BCUT2D eigenvalue weighted by Gasteiger charge is -2.26. The lowest BCUT2D eigenvalue weighted by molar-refractivity contribution is -0.384. The van der Waals surface area contributed by atoms with Crippen molar-refractivity contribution in [3.63, 3.8) is 0 Å². The maximum Gasteiger partial charge on any atom is 0.335 e. The Balaban J connectivity index is 1.34. The van der Waals surface area contributed by atoms with Gasteiger partial charge in [-0.2, -0.15) is 0 Å². The molecule has 5 rings (SSSR count). The average molecular weight is 642 g/mol. The zero-order chi connectivity index (χ0) is 30.5. The molecular weight excluding hydrogens is 618 g/mol. The fourth-order valence-electron chi connectivity index (χ4n) is 4.23. The third-order valence-electron chi connectivity index (χ3n) is 6.54. The van der Waals surface area contributed by atoms with Crippen LogP contribution in [0.3, 0.4) is 0 Å². The maximum absolute atomic E-state index is 13.5. The zero-order valence-electron chi connectivity index (χ0n) is 22.8. The van der Waals surface area contributed by atoms with Crippen LogP contribution >= 0.6 is 15.9 Å². The highest BCUT2D eigenvalue weighted by Gasteiger charge is 2.37. The number of nitro benzene ring substituents is 1. The molecule has 4 amide bonds. The van der Waals surface area contributed by atoms with Crippen LogP contribution in [0.2, 0.25) is 0 Å². The summed E-state index contributed by atoms with van der Waals surface area (Å²) < 4.78 is 12.4. The average Bonchev–Trinajstić information content (AvgIpc) is 2.99. The van der Waals surface area contributed by atoms with Gasteiger partial charge in [-0.25, -0.2) is 9.69 Å². The largest absolute Gasteiger partial charge is 0.489 e. The van der Waals surface area contributed by atoms with Crippen molar-refractivity contribution in [1.29, 1.82) is 0 Å². The Labute approximate surface area is 254 Å². The van der Waals surface area contributed by atoms with Crippen LogP contribution in [0.4, 0.5) is 16.2 Å². The van der Waals surface area contributed by atoms with E-state index in [9.17, 15) is 24.5 Å². The van der Waals surface area contributed by atoms with E-state index in [0.29, 0.717) is 33.7 Å². The number of aryl methyl sites for hydroxylation is 1. The topological polar surface area (TPSA) is 128 Å². The second kappa shape index (κ2) is 12.7. The van der Waals surface area contributed by atoms with Gasteiger partial charge < -0.3 is 9.47 Å². The summed E-state index contributed by atoms with van der Waals surface area (Å²) in [6, 6.07) is 24.4. The molecule has 1 fully saturated rings. The summed E-state index contributed by atoms with van der Waals surface area (Å²) in [7, 11) is 0. The molecule has 0 unspecified atom stereocenters. The molecule has 4 aromatic carbocycles. The molecule has 4 aromatic rings. The lowest BCUT2D eigenvalue weighted by atomic mass is 10.1. The minimum Gasteiger partial charge on any atom is -0.489 e. The molecule has 0 aromatic heterocycles.